The summed E-state index contributed by atoms with van der Waals surface area (Å²) in [6.45, 7) is 4.26. The van der Waals surface area contributed by atoms with Crippen LogP contribution in [0.15, 0.2) is 48.7 Å². The summed E-state index contributed by atoms with van der Waals surface area (Å²) < 4.78 is 45.4. The highest BCUT2D eigenvalue weighted by atomic mass is 19.4. The number of nitriles is 1. The van der Waals surface area contributed by atoms with Gasteiger partial charge in [-0.25, -0.2) is 9.97 Å². The molecular weight excluding hydrogens is 533 g/mol. The normalized spacial score (nSPS) is 16.3. The molecule has 5 rings (SSSR count). The van der Waals surface area contributed by atoms with Gasteiger partial charge >= 0.3 is 6.18 Å². The van der Waals surface area contributed by atoms with Crippen LogP contribution in [0, 0.1) is 11.3 Å². The molecule has 2 aliphatic rings. The number of likely N-dealkylation sites (N-methyl/N-ethyl adjacent to an activating group) is 1. The molecule has 1 fully saturated rings. The molecule has 1 spiro atoms. The summed E-state index contributed by atoms with van der Waals surface area (Å²) in [7, 11) is 3.89. The van der Waals surface area contributed by atoms with Gasteiger partial charge in [0.05, 0.1) is 40.1 Å². The molecule has 0 radical (unpaired) electrons. The highest BCUT2D eigenvalue weighted by Crippen LogP contribution is 2.49. The molecule has 0 saturated carbocycles. The third kappa shape index (κ3) is 5.20. The summed E-state index contributed by atoms with van der Waals surface area (Å²) in [6.07, 6.45) is -1.98. The summed E-state index contributed by atoms with van der Waals surface area (Å²) >= 11 is 0. The van der Waals surface area contributed by atoms with E-state index in [9.17, 15) is 23.2 Å². The summed E-state index contributed by atoms with van der Waals surface area (Å²) in [5.74, 6) is 1.06. The lowest BCUT2D eigenvalue weighted by Crippen LogP contribution is -2.49. The minimum Gasteiger partial charge on any atom is -0.477 e. The zero-order valence-electron chi connectivity index (χ0n) is 23.2. The van der Waals surface area contributed by atoms with Gasteiger partial charge < -0.3 is 14.5 Å². The molecule has 1 saturated heterocycles. The lowest BCUT2D eigenvalue weighted by molar-refractivity contribution is -0.137. The molecule has 2 aliphatic heterocycles. The topological polar surface area (TPSA) is 85.6 Å². The van der Waals surface area contributed by atoms with Crippen molar-refractivity contribution in [3.63, 3.8) is 0 Å². The highest BCUT2D eigenvalue weighted by molar-refractivity contribution is 6.07. The highest BCUT2D eigenvalue weighted by Gasteiger charge is 2.53. The molecule has 0 N–H and O–H groups in total. The van der Waals surface area contributed by atoms with E-state index in [-0.39, 0.29) is 11.5 Å². The fourth-order valence-corrected chi connectivity index (χ4v) is 5.68. The van der Waals surface area contributed by atoms with Gasteiger partial charge in [-0.2, -0.15) is 18.4 Å². The van der Waals surface area contributed by atoms with Crippen molar-refractivity contribution in [2.24, 2.45) is 0 Å². The molecule has 0 aliphatic carbocycles. The number of halogens is 3. The Balaban J connectivity index is 1.49. The average molecular weight is 565 g/mol. The molecule has 8 nitrogen and oxygen atoms in total. The number of alkyl halides is 3. The number of benzene rings is 1. The predicted octanol–water partition coefficient (Wildman–Crippen LogP) is 4.88. The zero-order valence-corrected chi connectivity index (χ0v) is 23.2. The monoisotopic (exact) mass is 564 g/mol. The van der Waals surface area contributed by atoms with Gasteiger partial charge in [0, 0.05) is 37.9 Å². The van der Waals surface area contributed by atoms with E-state index in [0.29, 0.717) is 68.7 Å². The first-order valence-electron chi connectivity index (χ1n) is 13.5. The Kier molecular flexibility index (Phi) is 7.62. The van der Waals surface area contributed by atoms with Crippen LogP contribution in [0.4, 0.5) is 24.7 Å². The van der Waals surface area contributed by atoms with Crippen molar-refractivity contribution in [1.82, 2.24) is 14.9 Å². The van der Waals surface area contributed by atoms with E-state index in [1.165, 1.54) is 6.07 Å². The maximum Gasteiger partial charge on any atom is 0.416 e. The number of pyridine rings is 2. The molecule has 214 valence electrons. The molecular formula is C30H31F3N6O2. The number of aromatic nitrogens is 2. The van der Waals surface area contributed by atoms with Crippen LogP contribution >= 0.6 is 0 Å². The molecule has 0 atom stereocenters. The number of carbonyl (C=O) groups is 1. The van der Waals surface area contributed by atoms with Crippen molar-refractivity contribution in [3.05, 3.63) is 65.4 Å². The quantitative estimate of drug-likeness (QED) is 0.405. The minimum absolute atomic E-state index is 0.0252. The van der Waals surface area contributed by atoms with E-state index in [4.69, 9.17) is 9.72 Å². The predicted molar refractivity (Wildman–Crippen MR) is 149 cm³/mol. The molecule has 3 aromatic rings. The Morgan fingerprint density at radius 2 is 1.90 bits per heavy atom. The number of fused-ring (bicyclic) bond motifs is 2. The van der Waals surface area contributed by atoms with Crippen LogP contribution in [0.2, 0.25) is 0 Å². The van der Waals surface area contributed by atoms with Gasteiger partial charge in [0.25, 0.3) is 0 Å². The maximum atomic E-state index is 14.1. The Hall–Kier alpha value is -4.17. The number of nitrogens with zero attached hydrogens (tertiary/aromatic N) is 6. The first-order chi connectivity index (χ1) is 19.6. The molecule has 0 unspecified atom stereocenters. The fraction of sp³-hybridized carbons (Fsp3) is 0.400. The van der Waals surface area contributed by atoms with Crippen LogP contribution in [-0.4, -0.2) is 67.7 Å². The molecule has 0 bridgehead atoms. The van der Waals surface area contributed by atoms with Gasteiger partial charge in [-0.05, 0) is 70.3 Å². The first kappa shape index (κ1) is 28.4. The van der Waals surface area contributed by atoms with Crippen LogP contribution in [0.25, 0.3) is 11.3 Å². The fourth-order valence-electron chi connectivity index (χ4n) is 5.68. The molecule has 2 aromatic heterocycles. The zero-order chi connectivity index (χ0) is 29.4. The van der Waals surface area contributed by atoms with Gasteiger partial charge in [-0.1, -0.05) is 6.07 Å². The van der Waals surface area contributed by atoms with Gasteiger partial charge in [-0.3, -0.25) is 9.69 Å². The minimum atomic E-state index is -4.53. The van der Waals surface area contributed by atoms with Gasteiger partial charge in [-0.15, -0.1) is 0 Å². The standard InChI is InChI=1S/C30H31F3N6O2/c1-4-41-27-22(6-5-13-35-27)24-9-8-23-26(36-24)39(17-16-37(2)3)28(40)29(23)11-14-38(15-12-29)25-10-7-21(30(31,32)33)18-20(25)19-34/h5-10,13,18H,4,11-12,14-17H2,1-3H3. The third-order valence-electron chi connectivity index (χ3n) is 7.80. The SMILES string of the molecule is CCOc1ncccc1-c1ccc2c(n1)N(CCN(C)C)C(=O)C21CCN(c2ccc(C(F)(F)F)cc2C#N)CC1. The molecule has 41 heavy (non-hydrogen) atoms. The Morgan fingerprint density at radius 3 is 2.56 bits per heavy atom. The van der Waals surface area contributed by atoms with E-state index in [1.54, 1.807) is 11.1 Å². The Morgan fingerprint density at radius 1 is 1.15 bits per heavy atom. The number of hydrogen-bond donors (Lipinski definition) is 0. The van der Waals surface area contributed by atoms with Crippen LogP contribution < -0.4 is 14.5 Å². The second-order valence-corrected chi connectivity index (χ2v) is 10.5. The first-order valence-corrected chi connectivity index (χ1v) is 13.5. The summed E-state index contributed by atoms with van der Waals surface area (Å²) in [6, 6.07) is 12.7. The smallest absolute Gasteiger partial charge is 0.416 e. The van der Waals surface area contributed by atoms with E-state index in [2.05, 4.69) is 4.98 Å². The van der Waals surface area contributed by atoms with E-state index >= 15 is 0 Å². The second-order valence-electron chi connectivity index (χ2n) is 10.5. The number of carbonyl (C=O) groups excluding carboxylic acids is 1. The molecule has 1 aromatic carbocycles. The van der Waals surface area contributed by atoms with Crippen molar-refractivity contribution in [3.8, 4) is 23.2 Å². The second kappa shape index (κ2) is 11.0. The number of anilines is 2. The molecule has 11 heteroatoms. The summed E-state index contributed by atoms with van der Waals surface area (Å²) in [5.41, 5.74) is 0.985. The van der Waals surface area contributed by atoms with Crippen LogP contribution in [0.5, 0.6) is 5.88 Å². The Labute approximate surface area is 237 Å². The Bertz CT molecular complexity index is 1490. The number of piperidine rings is 1. The van der Waals surface area contributed by atoms with E-state index in [0.717, 1.165) is 23.3 Å². The van der Waals surface area contributed by atoms with Gasteiger partial charge in [0.1, 0.15) is 11.9 Å². The number of ether oxygens (including phenoxy) is 1. The maximum absolute atomic E-state index is 14.1. The van der Waals surface area contributed by atoms with Crippen LogP contribution in [0.1, 0.15) is 36.5 Å². The lowest BCUT2D eigenvalue weighted by atomic mass is 9.74. The van der Waals surface area contributed by atoms with Crippen molar-refractivity contribution < 1.29 is 22.7 Å². The average Bonchev–Trinajstić information content (AvgIpc) is 3.18. The van der Waals surface area contributed by atoms with E-state index < -0.39 is 17.2 Å². The van der Waals surface area contributed by atoms with Crippen LogP contribution in [-0.2, 0) is 16.4 Å². The summed E-state index contributed by atoms with van der Waals surface area (Å²) in [4.78, 5) is 29.1. The van der Waals surface area contributed by atoms with Crippen molar-refractivity contribution in [1.29, 1.82) is 5.26 Å². The third-order valence-corrected chi connectivity index (χ3v) is 7.80. The van der Waals surface area contributed by atoms with E-state index in [1.807, 2.05) is 61.2 Å². The van der Waals surface area contributed by atoms with Crippen molar-refractivity contribution >= 4 is 17.4 Å². The number of rotatable bonds is 7. The van der Waals surface area contributed by atoms with Crippen molar-refractivity contribution in [2.75, 3.05) is 56.7 Å². The largest absolute Gasteiger partial charge is 0.477 e. The van der Waals surface area contributed by atoms with Gasteiger partial charge in [0.2, 0.25) is 11.8 Å². The number of hydrogen-bond acceptors (Lipinski definition) is 7. The van der Waals surface area contributed by atoms with Crippen LogP contribution in [0.3, 0.4) is 0 Å². The molecule has 1 amide bonds. The number of amides is 1. The van der Waals surface area contributed by atoms with Gasteiger partial charge in [0.15, 0.2) is 0 Å². The lowest BCUT2D eigenvalue weighted by Gasteiger charge is -2.40. The molecule has 4 heterocycles. The van der Waals surface area contributed by atoms with Crippen molar-refractivity contribution in [2.45, 2.75) is 31.4 Å². The summed E-state index contributed by atoms with van der Waals surface area (Å²) in [5, 5.41) is 9.60.